The van der Waals surface area contributed by atoms with Gasteiger partial charge in [0.25, 0.3) is 5.82 Å². The molecule has 0 spiro atoms. The van der Waals surface area contributed by atoms with Crippen molar-refractivity contribution in [2.24, 2.45) is 0 Å². The molecule has 4 rings (SSSR count). The molecule has 0 bridgehead atoms. The zero-order chi connectivity index (χ0) is 18.9. The Bertz CT molecular complexity index is 992. The Morgan fingerprint density at radius 1 is 1.15 bits per heavy atom. The fourth-order valence-corrected chi connectivity index (χ4v) is 4.49. The summed E-state index contributed by atoms with van der Waals surface area (Å²) >= 11 is 0. The standard InChI is InChI=1S/C19H21N3O4S/c1-14(18-12-15-4-2-3-5-17(15)26-18)21-19-7-6-16(13-20-19)27(23,24)22-8-10-25-11-9-22/h2-7,12-14H,8-11H2,1H3,(H,20,21)/p+1/t14-/m0/s1. The Labute approximate surface area is 158 Å². The monoisotopic (exact) mass is 388 g/mol. The summed E-state index contributed by atoms with van der Waals surface area (Å²) in [5.41, 5.74) is 0.845. The molecule has 1 atom stereocenters. The smallest absolute Gasteiger partial charge is 0.272 e. The number of nitrogens with one attached hydrogen (secondary N) is 2. The molecule has 27 heavy (non-hydrogen) atoms. The van der Waals surface area contributed by atoms with Crippen molar-refractivity contribution in [1.29, 1.82) is 0 Å². The number of H-pyrrole nitrogens is 1. The van der Waals surface area contributed by atoms with Crippen LogP contribution in [0, 0.1) is 0 Å². The van der Waals surface area contributed by atoms with E-state index in [1.807, 2.05) is 37.3 Å². The van der Waals surface area contributed by atoms with Gasteiger partial charge in [-0.1, -0.05) is 18.2 Å². The third-order valence-electron chi connectivity index (χ3n) is 4.64. The maximum Gasteiger partial charge on any atom is 0.272 e. The number of hydrogen-bond acceptors (Lipinski definition) is 5. The highest BCUT2D eigenvalue weighted by atomic mass is 32.2. The number of morpholine rings is 1. The van der Waals surface area contributed by atoms with Gasteiger partial charge in [0.05, 0.1) is 13.2 Å². The van der Waals surface area contributed by atoms with Crippen LogP contribution < -0.4 is 10.3 Å². The van der Waals surface area contributed by atoms with Gasteiger partial charge in [-0.05, 0) is 25.1 Å². The number of benzene rings is 1. The number of aromatic amines is 1. The number of fused-ring (bicyclic) bond motifs is 1. The highest BCUT2D eigenvalue weighted by molar-refractivity contribution is 7.89. The van der Waals surface area contributed by atoms with Crippen molar-refractivity contribution in [3.8, 4) is 0 Å². The lowest BCUT2D eigenvalue weighted by molar-refractivity contribution is -0.364. The first-order chi connectivity index (χ1) is 13.0. The molecule has 2 N–H and O–H groups in total. The van der Waals surface area contributed by atoms with E-state index in [2.05, 4.69) is 10.3 Å². The van der Waals surface area contributed by atoms with Crippen LogP contribution in [-0.2, 0) is 14.8 Å². The van der Waals surface area contributed by atoms with Crippen molar-refractivity contribution in [3.63, 3.8) is 0 Å². The summed E-state index contributed by atoms with van der Waals surface area (Å²) in [4.78, 5) is 3.27. The summed E-state index contributed by atoms with van der Waals surface area (Å²) in [6.45, 7) is 3.61. The van der Waals surface area contributed by atoms with Crippen molar-refractivity contribution in [1.82, 2.24) is 4.31 Å². The molecule has 1 fully saturated rings. The molecule has 1 saturated heterocycles. The van der Waals surface area contributed by atoms with Gasteiger partial charge in [0, 0.05) is 24.5 Å². The van der Waals surface area contributed by atoms with Gasteiger partial charge in [-0.25, -0.2) is 13.4 Å². The first kappa shape index (κ1) is 18.0. The van der Waals surface area contributed by atoms with Gasteiger partial charge in [0.1, 0.15) is 28.5 Å². The molecule has 0 unspecified atom stereocenters. The number of ether oxygens (including phenoxy) is 1. The zero-order valence-electron chi connectivity index (χ0n) is 15.0. The fraction of sp³-hybridized carbons (Fsp3) is 0.316. The predicted octanol–water partition coefficient (Wildman–Crippen LogP) is 2.44. The number of nitrogens with zero attached hydrogens (tertiary/aromatic N) is 1. The zero-order valence-corrected chi connectivity index (χ0v) is 15.8. The van der Waals surface area contributed by atoms with Gasteiger partial charge < -0.3 is 9.15 Å². The van der Waals surface area contributed by atoms with Crippen molar-refractivity contribution >= 4 is 26.8 Å². The maximum atomic E-state index is 12.7. The third-order valence-corrected chi connectivity index (χ3v) is 6.53. The van der Waals surface area contributed by atoms with E-state index >= 15 is 0 Å². The largest absolute Gasteiger partial charge is 0.457 e. The van der Waals surface area contributed by atoms with Crippen LogP contribution in [0.3, 0.4) is 0 Å². The Hall–Kier alpha value is -2.42. The van der Waals surface area contributed by atoms with Gasteiger partial charge in [-0.2, -0.15) is 4.31 Å². The van der Waals surface area contributed by atoms with Crippen LogP contribution >= 0.6 is 0 Å². The van der Waals surface area contributed by atoms with Crippen molar-refractivity contribution in [2.45, 2.75) is 17.9 Å². The van der Waals surface area contributed by atoms with Gasteiger partial charge in [-0.15, -0.1) is 0 Å². The van der Waals surface area contributed by atoms with Gasteiger partial charge >= 0.3 is 0 Å². The molecule has 3 heterocycles. The molecule has 1 aliphatic heterocycles. The summed E-state index contributed by atoms with van der Waals surface area (Å²) < 4.78 is 37.9. The third kappa shape index (κ3) is 3.69. The number of pyridine rings is 1. The molecule has 142 valence electrons. The normalized spacial score (nSPS) is 17.1. The predicted molar refractivity (Wildman–Crippen MR) is 101 cm³/mol. The minimum atomic E-state index is -3.50. The molecule has 0 radical (unpaired) electrons. The molecule has 1 aromatic carbocycles. The lowest BCUT2D eigenvalue weighted by atomic mass is 10.2. The van der Waals surface area contributed by atoms with E-state index in [0.29, 0.717) is 32.1 Å². The second-order valence-electron chi connectivity index (χ2n) is 6.51. The van der Waals surface area contributed by atoms with E-state index in [1.165, 1.54) is 10.5 Å². The summed E-state index contributed by atoms with van der Waals surface area (Å²) in [5.74, 6) is 1.53. The Balaban J connectivity index is 1.48. The van der Waals surface area contributed by atoms with Crippen LogP contribution in [0.2, 0.25) is 0 Å². The van der Waals surface area contributed by atoms with E-state index in [4.69, 9.17) is 9.15 Å². The minimum Gasteiger partial charge on any atom is -0.457 e. The van der Waals surface area contributed by atoms with Crippen LogP contribution in [0.25, 0.3) is 11.0 Å². The molecule has 8 heteroatoms. The highest BCUT2D eigenvalue weighted by Crippen LogP contribution is 2.25. The van der Waals surface area contributed by atoms with Crippen molar-refractivity contribution in [3.05, 3.63) is 54.4 Å². The lowest BCUT2D eigenvalue weighted by Gasteiger charge is -2.25. The number of furan rings is 1. The first-order valence-corrected chi connectivity index (χ1v) is 10.3. The molecule has 2 aromatic heterocycles. The average Bonchev–Trinajstić information content (AvgIpc) is 3.13. The van der Waals surface area contributed by atoms with Crippen LogP contribution in [0.1, 0.15) is 18.7 Å². The topological polar surface area (TPSA) is 85.9 Å². The number of para-hydroxylation sites is 1. The number of hydrogen-bond donors (Lipinski definition) is 1. The molecule has 3 aromatic rings. The van der Waals surface area contributed by atoms with Gasteiger partial charge in [0.2, 0.25) is 10.0 Å². The summed E-state index contributed by atoms with van der Waals surface area (Å²) in [5, 5.41) is 4.35. The van der Waals surface area contributed by atoms with Crippen LogP contribution in [0.5, 0.6) is 0 Å². The molecule has 0 saturated carbocycles. The number of sulfonamides is 1. The van der Waals surface area contributed by atoms with Crippen LogP contribution in [0.4, 0.5) is 5.82 Å². The average molecular weight is 388 g/mol. The minimum absolute atomic E-state index is 0.0737. The molecule has 1 aliphatic rings. The van der Waals surface area contributed by atoms with Gasteiger partial charge in [-0.3, -0.25) is 5.32 Å². The maximum absolute atomic E-state index is 12.7. The molecular weight excluding hydrogens is 366 g/mol. The summed E-state index contributed by atoms with van der Waals surface area (Å²) in [7, 11) is -3.50. The summed E-state index contributed by atoms with van der Waals surface area (Å²) in [6, 6.07) is 13.1. The molecule has 0 aliphatic carbocycles. The van der Waals surface area contributed by atoms with E-state index in [-0.39, 0.29) is 10.9 Å². The van der Waals surface area contributed by atoms with E-state index < -0.39 is 10.0 Å². The van der Waals surface area contributed by atoms with E-state index in [9.17, 15) is 8.42 Å². The number of anilines is 1. The molecule has 0 amide bonds. The van der Waals surface area contributed by atoms with E-state index in [1.54, 1.807) is 12.1 Å². The lowest BCUT2D eigenvalue weighted by Crippen LogP contribution is -2.40. The SMILES string of the molecule is C[C@H](Nc1ccc(S(=O)(=O)N2CCOCC2)c[nH+]1)c1cc2ccccc2o1. The first-order valence-electron chi connectivity index (χ1n) is 8.89. The Morgan fingerprint density at radius 3 is 2.63 bits per heavy atom. The second-order valence-corrected chi connectivity index (χ2v) is 8.45. The molecular formula is C19H22N3O4S+. The fourth-order valence-electron chi connectivity index (χ4n) is 3.12. The van der Waals surface area contributed by atoms with Crippen molar-refractivity contribution < 1.29 is 22.6 Å². The molecule has 7 nitrogen and oxygen atoms in total. The van der Waals surface area contributed by atoms with Crippen LogP contribution in [0.15, 0.2) is 58.0 Å². The Morgan fingerprint density at radius 2 is 1.93 bits per heavy atom. The quantitative estimate of drug-likeness (QED) is 0.726. The highest BCUT2D eigenvalue weighted by Gasteiger charge is 2.27. The van der Waals surface area contributed by atoms with Crippen molar-refractivity contribution in [2.75, 3.05) is 31.6 Å². The number of aromatic nitrogens is 1. The Kier molecular flexibility index (Phi) is 4.86. The number of rotatable bonds is 5. The van der Waals surface area contributed by atoms with E-state index in [0.717, 1.165) is 16.7 Å². The second kappa shape index (κ2) is 7.30. The van der Waals surface area contributed by atoms with Crippen LogP contribution in [-0.4, -0.2) is 39.0 Å². The summed E-state index contributed by atoms with van der Waals surface area (Å²) in [6.07, 6.45) is 1.51. The van der Waals surface area contributed by atoms with Gasteiger partial charge in [0.15, 0.2) is 0 Å².